The second-order valence-corrected chi connectivity index (χ2v) is 5.68. The van der Waals surface area contributed by atoms with E-state index in [4.69, 9.17) is 4.74 Å². The van der Waals surface area contributed by atoms with E-state index in [0.29, 0.717) is 12.0 Å². The monoisotopic (exact) mass is 283 g/mol. The SMILES string of the molecule is COCC(C)CNC(C)c1ccc(-c2ccccc2)cc1. The van der Waals surface area contributed by atoms with Gasteiger partial charge in [0.2, 0.25) is 0 Å². The van der Waals surface area contributed by atoms with Gasteiger partial charge in [-0.3, -0.25) is 0 Å². The molecule has 0 saturated heterocycles. The molecule has 2 atom stereocenters. The Morgan fingerprint density at radius 1 is 0.905 bits per heavy atom. The Kier molecular flexibility index (Phi) is 5.97. The van der Waals surface area contributed by atoms with Crippen LogP contribution in [0.5, 0.6) is 0 Å². The van der Waals surface area contributed by atoms with Crippen LogP contribution in [-0.4, -0.2) is 20.3 Å². The lowest BCUT2D eigenvalue weighted by atomic mass is 10.0. The summed E-state index contributed by atoms with van der Waals surface area (Å²) < 4.78 is 5.17. The first kappa shape index (κ1) is 15.7. The zero-order chi connectivity index (χ0) is 15.1. The summed E-state index contributed by atoms with van der Waals surface area (Å²) in [5.41, 5.74) is 3.84. The zero-order valence-corrected chi connectivity index (χ0v) is 13.2. The first-order valence-electron chi connectivity index (χ1n) is 7.58. The van der Waals surface area contributed by atoms with Crippen LogP contribution in [0, 0.1) is 5.92 Å². The van der Waals surface area contributed by atoms with E-state index in [-0.39, 0.29) is 0 Å². The van der Waals surface area contributed by atoms with Crippen LogP contribution in [0.4, 0.5) is 0 Å². The van der Waals surface area contributed by atoms with Crippen molar-refractivity contribution in [3.05, 3.63) is 60.2 Å². The topological polar surface area (TPSA) is 21.3 Å². The molecule has 2 rings (SSSR count). The Labute approximate surface area is 128 Å². The van der Waals surface area contributed by atoms with Gasteiger partial charge in [0.1, 0.15) is 0 Å². The number of hydrogen-bond acceptors (Lipinski definition) is 2. The normalized spacial score (nSPS) is 13.9. The Morgan fingerprint density at radius 2 is 1.52 bits per heavy atom. The van der Waals surface area contributed by atoms with Gasteiger partial charge < -0.3 is 10.1 Å². The largest absolute Gasteiger partial charge is 0.384 e. The standard InChI is InChI=1S/C19H25NO/c1-15(14-21-3)13-20-16(2)17-9-11-19(12-10-17)18-7-5-4-6-8-18/h4-12,15-16,20H,13-14H2,1-3H3. The predicted octanol–water partition coefficient (Wildman–Crippen LogP) is 4.29. The molecular weight excluding hydrogens is 258 g/mol. The average molecular weight is 283 g/mol. The molecule has 0 radical (unpaired) electrons. The van der Waals surface area contributed by atoms with Gasteiger partial charge in [0, 0.05) is 26.3 Å². The van der Waals surface area contributed by atoms with Crippen molar-refractivity contribution in [2.45, 2.75) is 19.9 Å². The maximum absolute atomic E-state index is 5.17. The van der Waals surface area contributed by atoms with Crippen LogP contribution in [0.3, 0.4) is 0 Å². The molecule has 2 aromatic rings. The lowest BCUT2D eigenvalue weighted by Gasteiger charge is -2.18. The van der Waals surface area contributed by atoms with E-state index < -0.39 is 0 Å². The third kappa shape index (κ3) is 4.69. The van der Waals surface area contributed by atoms with Crippen molar-refractivity contribution in [3.63, 3.8) is 0 Å². The molecule has 0 heterocycles. The highest BCUT2D eigenvalue weighted by molar-refractivity contribution is 5.63. The van der Waals surface area contributed by atoms with E-state index in [0.717, 1.165) is 13.2 Å². The molecule has 0 saturated carbocycles. The van der Waals surface area contributed by atoms with Crippen molar-refractivity contribution in [2.24, 2.45) is 5.92 Å². The molecule has 0 bridgehead atoms. The molecule has 2 aromatic carbocycles. The van der Waals surface area contributed by atoms with Crippen molar-refractivity contribution < 1.29 is 4.74 Å². The molecular formula is C19H25NO. The smallest absolute Gasteiger partial charge is 0.0499 e. The number of rotatable bonds is 7. The van der Waals surface area contributed by atoms with Gasteiger partial charge in [-0.25, -0.2) is 0 Å². The van der Waals surface area contributed by atoms with E-state index in [1.54, 1.807) is 7.11 Å². The van der Waals surface area contributed by atoms with Gasteiger partial charge in [-0.05, 0) is 29.5 Å². The summed E-state index contributed by atoms with van der Waals surface area (Å²) in [6, 6.07) is 19.6. The molecule has 0 aliphatic carbocycles. The van der Waals surface area contributed by atoms with Crippen molar-refractivity contribution in [1.29, 1.82) is 0 Å². The van der Waals surface area contributed by atoms with E-state index in [1.807, 2.05) is 6.07 Å². The Hall–Kier alpha value is -1.64. The van der Waals surface area contributed by atoms with Gasteiger partial charge in [0.15, 0.2) is 0 Å². The van der Waals surface area contributed by atoms with Gasteiger partial charge in [-0.15, -0.1) is 0 Å². The zero-order valence-electron chi connectivity index (χ0n) is 13.2. The fourth-order valence-corrected chi connectivity index (χ4v) is 2.43. The van der Waals surface area contributed by atoms with Crippen LogP contribution in [0.25, 0.3) is 11.1 Å². The molecule has 0 fully saturated rings. The first-order valence-corrected chi connectivity index (χ1v) is 7.58. The number of ether oxygens (including phenoxy) is 1. The van der Waals surface area contributed by atoms with E-state index in [1.165, 1.54) is 16.7 Å². The third-order valence-electron chi connectivity index (χ3n) is 3.74. The molecule has 2 unspecified atom stereocenters. The minimum absolute atomic E-state index is 0.356. The molecule has 0 aliphatic heterocycles. The summed E-state index contributed by atoms with van der Waals surface area (Å²) in [4.78, 5) is 0. The first-order chi connectivity index (χ1) is 10.2. The van der Waals surface area contributed by atoms with Crippen LogP contribution >= 0.6 is 0 Å². The molecule has 0 aromatic heterocycles. The number of methoxy groups -OCH3 is 1. The Balaban J connectivity index is 1.95. The molecule has 2 nitrogen and oxygen atoms in total. The minimum Gasteiger partial charge on any atom is -0.384 e. The highest BCUT2D eigenvalue weighted by atomic mass is 16.5. The van der Waals surface area contributed by atoms with E-state index in [9.17, 15) is 0 Å². The Morgan fingerprint density at radius 3 is 2.14 bits per heavy atom. The van der Waals surface area contributed by atoms with Crippen molar-refractivity contribution >= 4 is 0 Å². The summed E-state index contributed by atoms with van der Waals surface area (Å²) in [6.45, 7) is 6.17. The fraction of sp³-hybridized carbons (Fsp3) is 0.368. The fourth-order valence-electron chi connectivity index (χ4n) is 2.43. The molecule has 0 amide bonds. The second kappa shape index (κ2) is 7.96. The van der Waals surface area contributed by atoms with Crippen LogP contribution in [0.2, 0.25) is 0 Å². The number of hydrogen-bond donors (Lipinski definition) is 1. The number of benzene rings is 2. The van der Waals surface area contributed by atoms with Crippen LogP contribution in [0.15, 0.2) is 54.6 Å². The molecule has 0 aliphatic rings. The van der Waals surface area contributed by atoms with Gasteiger partial charge in [-0.2, -0.15) is 0 Å². The van der Waals surface area contributed by atoms with Gasteiger partial charge in [0.25, 0.3) is 0 Å². The van der Waals surface area contributed by atoms with Gasteiger partial charge in [0.05, 0.1) is 0 Å². The quantitative estimate of drug-likeness (QED) is 0.818. The Bertz CT molecular complexity index is 521. The lowest BCUT2D eigenvalue weighted by molar-refractivity contribution is 0.157. The maximum atomic E-state index is 5.17. The number of nitrogens with one attached hydrogen (secondary N) is 1. The van der Waals surface area contributed by atoms with Crippen molar-refractivity contribution in [1.82, 2.24) is 5.32 Å². The predicted molar refractivity (Wildman–Crippen MR) is 89.3 cm³/mol. The summed E-state index contributed by atoms with van der Waals surface area (Å²) in [6.07, 6.45) is 0. The van der Waals surface area contributed by atoms with E-state index >= 15 is 0 Å². The second-order valence-electron chi connectivity index (χ2n) is 5.68. The molecule has 0 spiro atoms. The van der Waals surface area contributed by atoms with E-state index in [2.05, 4.69) is 67.7 Å². The molecule has 112 valence electrons. The average Bonchev–Trinajstić information content (AvgIpc) is 2.54. The van der Waals surface area contributed by atoms with Crippen LogP contribution in [-0.2, 0) is 4.74 Å². The summed E-state index contributed by atoms with van der Waals surface area (Å²) in [7, 11) is 1.75. The summed E-state index contributed by atoms with van der Waals surface area (Å²) in [5, 5.41) is 3.56. The molecule has 2 heteroatoms. The minimum atomic E-state index is 0.356. The van der Waals surface area contributed by atoms with Gasteiger partial charge in [-0.1, -0.05) is 61.5 Å². The van der Waals surface area contributed by atoms with Crippen molar-refractivity contribution in [2.75, 3.05) is 20.3 Å². The molecule has 1 N–H and O–H groups in total. The molecule has 21 heavy (non-hydrogen) atoms. The lowest BCUT2D eigenvalue weighted by Crippen LogP contribution is -2.26. The summed E-state index contributed by atoms with van der Waals surface area (Å²) >= 11 is 0. The van der Waals surface area contributed by atoms with Crippen molar-refractivity contribution in [3.8, 4) is 11.1 Å². The summed E-state index contributed by atoms with van der Waals surface area (Å²) in [5.74, 6) is 0.529. The van der Waals surface area contributed by atoms with Crippen LogP contribution < -0.4 is 5.32 Å². The van der Waals surface area contributed by atoms with Gasteiger partial charge >= 0.3 is 0 Å². The third-order valence-corrected chi connectivity index (χ3v) is 3.74. The highest BCUT2D eigenvalue weighted by Crippen LogP contribution is 2.21. The highest BCUT2D eigenvalue weighted by Gasteiger charge is 2.07. The van der Waals surface area contributed by atoms with Crippen LogP contribution in [0.1, 0.15) is 25.5 Å². The maximum Gasteiger partial charge on any atom is 0.0499 e.